The quantitative estimate of drug-likeness (QED) is 0.162. The maximum Gasteiger partial charge on any atom is 0.135 e. The Morgan fingerprint density at radius 2 is 1.55 bits per heavy atom. The third kappa shape index (κ3) is 5.83. The van der Waals surface area contributed by atoms with Crippen LogP contribution in [-0.2, 0) is 26.5 Å². The first-order chi connectivity index (χ1) is 23.3. The molecule has 8 rings (SSSR count). The van der Waals surface area contributed by atoms with Crippen molar-refractivity contribution in [3.8, 4) is 17.3 Å². The molecule has 3 heterocycles. The van der Waals surface area contributed by atoms with E-state index in [2.05, 4.69) is 66.9 Å². The third-order valence-corrected chi connectivity index (χ3v) is 8.54. The standard InChI is InChI=1S/C41H29FN5O.Pt/c1-41(2,3)27-18-19-44-40(20-27)47-36-17-14-28(42)21-35(36)34-16-15-32(25-39(34)47)48-33-23-29(43-4)22-31(24-33)46-26-45(30-10-6-5-7-11-30)37-12-8-9-13-38(37)46;/h5-23,26H,1-3H3;/q-3;. The minimum absolute atomic E-state index is 0. The minimum atomic E-state index is -0.317. The van der Waals surface area contributed by atoms with E-state index >= 15 is 0 Å². The van der Waals surface area contributed by atoms with Crippen LogP contribution in [0.5, 0.6) is 11.5 Å². The first-order valence-electron chi connectivity index (χ1n) is 15.6. The van der Waals surface area contributed by atoms with E-state index in [-0.39, 0.29) is 32.3 Å². The van der Waals surface area contributed by atoms with Crippen LogP contribution in [0.15, 0.2) is 115 Å². The second-order valence-electron chi connectivity index (χ2n) is 12.7. The van der Waals surface area contributed by atoms with Gasteiger partial charge in [0, 0.05) is 61.3 Å². The molecule has 0 radical (unpaired) electrons. The maximum absolute atomic E-state index is 14.5. The van der Waals surface area contributed by atoms with E-state index in [0.717, 1.165) is 38.9 Å². The van der Waals surface area contributed by atoms with Crippen LogP contribution in [0.2, 0.25) is 0 Å². The van der Waals surface area contributed by atoms with Crippen molar-refractivity contribution in [2.24, 2.45) is 0 Å². The third-order valence-electron chi connectivity index (χ3n) is 8.54. The SMILES string of the molecule is [C-]#[N+]c1cc(Oc2[c-]c3c(cc2)c2cc(F)ccc2n3-c2cc(C(C)(C)C)ccn2)[c-]c(N2[CH-]N(c3ccccc3)c3ccccc32)c1.[Pt]. The molecule has 2 aromatic heterocycles. The van der Waals surface area contributed by atoms with E-state index < -0.39 is 0 Å². The summed E-state index contributed by atoms with van der Waals surface area (Å²) in [5.41, 5.74) is 6.62. The van der Waals surface area contributed by atoms with Gasteiger partial charge in [-0.1, -0.05) is 56.6 Å². The number of pyridine rings is 1. The molecule has 0 amide bonds. The maximum atomic E-state index is 14.5. The predicted molar refractivity (Wildman–Crippen MR) is 189 cm³/mol. The molecule has 8 heteroatoms. The van der Waals surface area contributed by atoms with Gasteiger partial charge in [0.25, 0.3) is 0 Å². The van der Waals surface area contributed by atoms with Crippen LogP contribution in [0, 0.1) is 31.2 Å². The number of hydrogen-bond acceptors (Lipinski definition) is 4. The van der Waals surface area contributed by atoms with Gasteiger partial charge in [-0.2, -0.15) is 6.07 Å². The van der Waals surface area contributed by atoms with Crippen molar-refractivity contribution < 1.29 is 30.2 Å². The summed E-state index contributed by atoms with van der Waals surface area (Å²) in [4.78, 5) is 12.6. The van der Waals surface area contributed by atoms with Gasteiger partial charge in [-0.05, 0) is 71.0 Å². The smallest absolute Gasteiger partial charge is 0.135 e. The Hall–Kier alpha value is -5.44. The Labute approximate surface area is 299 Å². The van der Waals surface area contributed by atoms with Gasteiger partial charge in [-0.3, -0.25) is 4.85 Å². The molecule has 244 valence electrons. The van der Waals surface area contributed by atoms with Crippen LogP contribution < -0.4 is 14.5 Å². The van der Waals surface area contributed by atoms with Crippen LogP contribution in [0.1, 0.15) is 26.3 Å². The molecule has 0 fully saturated rings. The molecule has 1 aliphatic rings. The Kier molecular flexibility index (Phi) is 8.22. The van der Waals surface area contributed by atoms with E-state index in [4.69, 9.17) is 16.3 Å². The number of halogens is 1. The molecule has 49 heavy (non-hydrogen) atoms. The van der Waals surface area contributed by atoms with Crippen LogP contribution in [-0.4, -0.2) is 9.55 Å². The Balaban J connectivity index is 0.00000378. The fourth-order valence-corrected chi connectivity index (χ4v) is 6.18. The summed E-state index contributed by atoms with van der Waals surface area (Å²) >= 11 is 0. The fraction of sp³-hybridized carbons (Fsp3) is 0.0976. The first-order valence-corrected chi connectivity index (χ1v) is 15.6. The van der Waals surface area contributed by atoms with Gasteiger partial charge in [-0.25, -0.2) is 9.37 Å². The molecule has 0 saturated heterocycles. The Bertz CT molecular complexity index is 2390. The molecule has 0 saturated carbocycles. The molecular weight excluding hydrogens is 793 g/mol. The monoisotopic (exact) mass is 821 g/mol. The fourth-order valence-electron chi connectivity index (χ4n) is 6.18. The van der Waals surface area contributed by atoms with Crippen molar-refractivity contribution in [1.82, 2.24) is 9.55 Å². The van der Waals surface area contributed by atoms with Crippen molar-refractivity contribution >= 4 is 50.2 Å². The van der Waals surface area contributed by atoms with Gasteiger partial charge in [0.2, 0.25) is 0 Å². The molecule has 0 N–H and O–H groups in total. The van der Waals surface area contributed by atoms with Crippen LogP contribution >= 0.6 is 0 Å². The number of para-hydroxylation sites is 3. The van der Waals surface area contributed by atoms with Gasteiger partial charge in [0.1, 0.15) is 11.6 Å². The molecular formula is C41H29FN5OPt-3. The van der Waals surface area contributed by atoms with Gasteiger partial charge in [0.15, 0.2) is 0 Å². The van der Waals surface area contributed by atoms with Crippen LogP contribution in [0.25, 0.3) is 32.5 Å². The zero-order valence-corrected chi connectivity index (χ0v) is 29.2. The topological polar surface area (TPSA) is 37.9 Å². The Morgan fingerprint density at radius 3 is 2.31 bits per heavy atom. The summed E-state index contributed by atoms with van der Waals surface area (Å²) in [7, 11) is 0. The summed E-state index contributed by atoms with van der Waals surface area (Å²) in [5, 5.41) is 1.58. The first kappa shape index (κ1) is 32.1. The molecule has 1 aliphatic heterocycles. The van der Waals surface area contributed by atoms with E-state index in [1.54, 1.807) is 30.5 Å². The molecule has 0 spiro atoms. The van der Waals surface area contributed by atoms with Crippen molar-refractivity contribution in [2.75, 3.05) is 9.80 Å². The van der Waals surface area contributed by atoms with Crippen molar-refractivity contribution in [1.29, 1.82) is 0 Å². The number of anilines is 4. The van der Waals surface area contributed by atoms with Gasteiger partial charge in [-0.15, -0.1) is 48.1 Å². The largest absolute Gasteiger partial charge is 0.510 e. The number of benzene rings is 5. The molecule has 0 atom stereocenters. The number of aromatic nitrogens is 2. The number of fused-ring (bicyclic) bond motifs is 4. The van der Waals surface area contributed by atoms with Crippen LogP contribution in [0.3, 0.4) is 0 Å². The minimum Gasteiger partial charge on any atom is -0.510 e. The number of ether oxygens (including phenoxy) is 1. The van der Waals surface area contributed by atoms with Crippen molar-refractivity contribution in [3.63, 3.8) is 0 Å². The second-order valence-corrected chi connectivity index (χ2v) is 12.7. The van der Waals surface area contributed by atoms with Gasteiger partial charge >= 0.3 is 0 Å². The van der Waals surface area contributed by atoms with Crippen LogP contribution in [0.4, 0.5) is 32.8 Å². The molecule has 0 aliphatic carbocycles. The summed E-state index contributed by atoms with van der Waals surface area (Å²) in [5.74, 6) is 1.19. The number of hydrogen-bond donors (Lipinski definition) is 0. The van der Waals surface area contributed by atoms with Gasteiger partial charge < -0.3 is 19.1 Å². The van der Waals surface area contributed by atoms with Gasteiger partial charge in [0.05, 0.1) is 12.3 Å². The number of nitrogens with zero attached hydrogens (tertiary/aromatic N) is 5. The molecule has 6 nitrogen and oxygen atoms in total. The van der Waals surface area contributed by atoms with E-state index in [0.29, 0.717) is 34.2 Å². The molecule has 0 bridgehead atoms. The molecule has 0 unspecified atom stereocenters. The van der Waals surface area contributed by atoms with E-state index in [1.807, 2.05) is 70.7 Å². The zero-order valence-electron chi connectivity index (χ0n) is 26.9. The normalized spacial score (nSPS) is 12.6. The summed E-state index contributed by atoms with van der Waals surface area (Å²) in [6.07, 6.45) is 1.80. The van der Waals surface area contributed by atoms with E-state index in [9.17, 15) is 4.39 Å². The van der Waals surface area contributed by atoms with Crippen molar-refractivity contribution in [2.45, 2.75) is 26.2 Å². The zero-order chi connectivity index (χ0) is 33.0. The van der Waals surface area contributed by atoms with E-state index in [1.165, 1.54) is 6.07 Å². The summed E-state index contributed by atoms with van der Waals surface area (Å²) < 4.78 is 22.9. The second kappa shape index (κ2) is 12.5. The molecule has 5 aromatic carbocycles. The number of rotatable bonds is 5. The average molecular weight is 822 g/mol. The molecule has 7 aromatic rings. The Morgan fingerprint density at radius 1 is 0.796 bits per heavy atom. The average Bonchev–Trinajstić information content (AvgIpc) is 3.64. The van der Waals surface area contributed by atoms with Crippen molar-refractivity contribution in [3.05, 3.63) is 157 Å². The predicted octanol–water partition coefficient (Wildman–Crippen LogP) is 11.0. The summed E-state index contributed by atoms with van der Waals surface area (Å²) in [6.45, 7) is 16.3. The summed E-state index contributed by atoms with van der Waals surface area (Å²) in [6, 6.07) is 41.1.